The first-order chi connectivity index (χ1) is 13.9. The second kappa shape index (κ2) is 9.58. The van der Waals surface area contributed by atoms with Gasteiger partial charge in [0.15, 0.2) is 0 Å². The molecule has 6 nitrogen and oxygen atoms in total. The van der Waals surface area contributed by atoms with Crippen LogP contribution in [0.4, 0.5) is 5.69 Å². The van der Waals surface area contributed by atoms with Crippen LogP contribution in [0.3, 0.4) is 0 Å². The van der Waals surface area contributed by atoms with Crippen molar-refractivity contribution in [3.05, 3.63) is 75.7 Å². The summed E-state index contributed by atoms with van der Waals surface area (Å²) in [6.45, 7) is 1.99. The molecule has 0 aliphatic rings. The summed E-state index contributed by atoms with van der Waals surface area (Å²) in [5.74, 6) is 0.0550. The Morgan fingerprint density at radius 3 is 2.34 bits per heavy atom. The fourth-order valence-electron chi connectivity index (χ4n) is 2.52. The molecule has 29 heavy (non-hydrogen) atoms. The first-order valence-electron chi connectivity index (χ1n) is 8.94. The molecule has 3 aromatic rings. The van der Waals surface area contributed by atoms with Crippen LogP contribution in [0.2, 0.25) is 0 Å². The summed E-state index contributed by atoms with van der Waals surface area (Å²) in [5, 5.41) is 3.12. The summed E-state index contributed by atoms with van der Waals surface area (Å²) in [7, 11) is 3.80. The van der Waals surface area contributed by atoms with E-state index in [2.05, 4.69) is 21.2 Å². The quantitative estimate of drug-likeness (QED) is 0.462. The topological polar surface area (TPSA) is 74.3 Å². The smallest absolute Gasteiger partial charge is 0.269 e. The van der Waals surface area contributed by atoms with Crippen LogP contribution < -0.4 is 15.8 Å². The SMILES string of the molecule is Cc1nc(CSc2ccc(C(=O)NNC(=O)c3cccc(N(C)C)c3)cc2)cs1. The molecule has 2 amide bonds. The predicted octanol–water partition coefficient (Wildman–Crippen LogP) is 3.88. The lowest BCUT2D eigenvalue weighted by atomic mass is 10.2. The maximum absolute atomic E-state index is 12.3. The van der Waals surface area contributed by atoms with Crippen LogP contribution in [0.1, 0.15) is 31.4 Å². The van der Waals surface area contributed by atoms with Crippen LogP contribution in [0.15, 0.2) is 58.8 Å². The molecule has 0 bridgehead atoms. The number of benzene rings is 2. The highest BCUT2D eigenvalue weighted by molar-refractivity contribution is 7.98. The van der Waals surface area contributed by atoms with E-state index in [1.165, 1.54) is 0 Å². The van der Waals surface area contributed by atoms with Crippen molar-refractivity contribution in [2.24, 2.45) is 0 Å². The Kier molecular flexibility index (Phi) is 6.90. The van der Waals surface area contributed by atoms with E-state index in [9.17, 15) is 9.59 Å². The lowest BCUT2D eigenvalue weighted by Crippen LogP contribution is -2.41. The van der Waals surface area contributed by atoms with Crippen LogP contribution in [0.25, 0.3) is 0 Å². The largest absolute Gasteiger partial charge is 0.378 e. The van der Waals surface area contributed by atoms with Crippen LogP contribution in [-0.2, 0) is 5.75 Å². The average molecular weight is 427 g/mol. The lowest BCUT2D eigenvalue weighted by molar-refractivity contribution is 0.0846. The molecule has 2 N–H and O–H groups in total. The minimum absolute atomic E-state index is 0.367. The zero-order valence-electron chi connectivity index (χ0n) is 16.4. The first-order valence-corrected chi connectivity index (χ1v) is 10.8. The van der Waals surface area contributed by atoms with Gasteiger partial charge in [-0.25, -0.2) is 4.98 Å². The summed E-state index contributed by atoms with van der Waals surface area (Å²) in [4.78, 5) is 32.0. The van der Waals surface area contributed by atoms with E-state index in [-0.39, 0.29) is 11.8 Å². The number of hydrazine groups is 1. The minimum Gasteiger partial charge on any atom is -0.378 e. The Morgan fingerprint density at radius 1 is 1.03 bits per heavy atom. The number of anilines is 1. The normalized spacial score (nSPS) is 10.4. The molecule has 0 saturated carbocycles. The average Bonchev–Trinajstić information content (AvgIpc) is 3.15. The van der Waals surface area contributed by atoms with E-state index in [0.717, 1.165) is 27.0 Å². The molecule has 1 aromatic heterocycles. The van der Waals surface area contributed by atoms with Gasteiger partial charge in [0.2, 0.25) is 0 Å². The highest BCUT2D eigenvalue weighted by atomic mass is 32.2. The number of thioether (sulfide) groups is 1. The maximum Gasteiger partial charge on any atom is 0.269 e. The molecular formula is C21H22N4O2S2. The molecule has 0 fully saturated rings. The van der Waals surface area contributed by atoms with Gasteiger partial charge in [-0.05, 0) is 49.4 Å². The highest BCUT2D eigenvalue weighted by Crippen LogP contribution is 2.23. The summed E-state index contributed by atoms with van der Waals surface area (Å²) in [5.41, 5.74) is 7.83. The predicted molar refractivity (Wildman–Crippen MR) is 119 cm³/mol. The molecule has 0 radical (unpaired) electrons. The summed E-state index contributed by atoms with van der Waals surface area (Å²) >= 11 is 3.31. The zero-order chi connectivity index (χ0) is 20.8. The number of thiazole rings is 1. The van der Waals surface area contributed by atoms with Gasteiger partial charge in [0, 0.05) is 46.9 Å². The van der Waals surface area contributed by atoms with E-state index in [4.69, 9.17) is 0 Å². The number of aryl methyl sites for hydroxylation is 1. The molecule has 0 aliphatic carbocycles. The van der Waals surface area contributed by atoms with Crippen molar-refractivity contribution in [1.82, 2.24) is 15.8 Å². The Labute approximate surface area is 178 Å². The number of carbonyl (C=O) groups excluding carboxylic acids is 2. The molecular weight excluding hydrogens is 404 g/mol. The van der Waals surface area contributed by atoms with E-state index >= 15 is 0 Å². The van der Waals surface area contributed by atoms with E-state index < -0.39 is 0 Å². The number of rotatable bonds is 6. The van der Waals surface area contributed by atoms with Gasteiger partial charge in [-0.1, -0.05) is 6.07 Å². The van der Waals surface area contributed by atoms with Crippen molar-refractivity contribution in [3.63, 3.8) is 0 Å². The van der Waals surface area contributed by atoms with Crippen molar-refractivity contribution < 1.29 is 9.59 Å². The summed E-state index contributed by atoms with van der Waals surface area (Å²) in [6, 6.07) is 14.4. The van der Waals surface area contributed by atoms with Gasteiger partial charge in [-0.2, -0.15) is 0 Å². The molecule has 1 heterocycles. The molecule has 0 atom stereocenters. The van der Waals surface area contributed by atoms with E-state index in [1.54, 1.807) is 53.4 Å². The lowest BCUT2D eigenvalue weighted by Gasteiger charge is -2.13. The van der Waals surface area contributed by atoms with Crippen molar-refractivity contribution in [3.8, 4) is 0 Å². The fourth-order valence-corrected chi connectivity index (χ4v) is 4.03. The van der Waals surface area contributed by atoms with E-state index in [0.29, 0.717) is 11.1 Å². The van der Waals surface area contributed by atoms with Crippen LogP contribution >= 0.6 is 23.1 Å². The van der Waals surface area contributed by atoms with Crippen molar-refractivity contribution in [2.75, 3.05) is 19.0 Å². The van der Waals surface area contributed by atoms with Crippen LogP contribution in [-0.4, -0.2) is 30.9 Å². The fraction of sp³-hybridized carbons (Fsp3) is 0.190. The summed E-state index contributed by atoms with van der Waals surface area (Å²) < 4.78 is 0. The summed E-state index contributed by atoms with van der Waals surface area (Å²) in [6.07, 6.45) is 0. The first kappa shape index (κ1) is 20.9. The van der Waals surface area contributed by atoms with Crippen molar-refractivity contribution in [2.45, 2.75) is 17.6 Å². The number of hydrogen-bond donors (Lipinski definition) is 2. The van der Waals surface area contributed by atoms with Crippen molar-refractivity contribution in [1.29, 1.82) is 0 Å². The minimum atomic E-state index is -0.368. The van der Waals surface area contributed by atoms with Gasteiger partial charge in [0.1, 0.15) is 0 Å². The molecule has 0 saturated heterocycles. The monoisotopic (exact) mass is 426 g/mol. The third-order valence-electron chi connectivity index (χ3n) is 4.08. The standard InChI is InChI=1S/C21H22N4O2S2/c1-14-22-17(12-28-14)13-29-19-9-7-15(8-10-19)20(26)23-24-21(27)16-5-4-6-18(11-16)25(2)3/h4-12H,13H2,1-3H3,(H,23,26)(H,24,27). The Bertz CT molecular complexity index is 1000. The second-order valence-corrected chi connectivity index (χ2v) is 8.63. The number of nitrogens with one attached hydrogen (secondary N) is 2. The van der Waals surface area contributed by atoms with Gasteiger partial charge in [0.25, 0.3) is 11.8 Å². The third-order valence-corrected chi connectivity index (χ3v) is 5.95. The van der Waals surface area contributed by atoms with Gasteiger partial charge >= 0.3 is 0 Å². The number of carbonyl (C=O) groups is 2. The molecule has 0 unspecified atom stereocenters. The van der Waals surface area contributed by atoms with Gasteiger partial charge in [0.05, 0.1) is 10.7 Å². The Morgan fingerprint density at radius 2 is 1.72 bits per heavy atom. The molecule has 8 heteroatoms. The Hall–Kier alpha value is -2.84. The van der Waals surface area contributed by atoms with E-state index in [1.807, 2.05) is 44.1 Å². The Balaban J connectivity index is 1.52. The number of aromatic nitrogens is 1. The molecule has 3 rings (SSSR count). The molecule has 2 aromatic carbocycles. The second-order valence-electron chi connectivity index (χ2n) is 6.52. The number of amides is 2. The van der Waals surface area contributed by atoms with Crippen LogP contribution in [0.5, 0.6) is 0 Å². The van der Waals surface area contributed by atoms with Gasteiger partial charge in [-0.3, -0.25) is 20.4 Å². The molecule has 150 valence electrons. The highest BCUT2D eigenvalue weighted by Gasteiger charge is 2.10. The van der Waals surface area contributed by atoms with Crippen LogP contribution in [0, 0.1) is 6.92 Å². The number of nitrogens with zero attached hydrogens (tertiary/aromatic N) is 2. The maximum atomic E-state index is 12.3. The third kappa shape index (κ3) is 5.82. The molecule has 0 spiro atoms. The zero-order valence-corrected chi connectivity index (χ0v) is 18.1. The number of hydrogen-bond acceptors (Lipinski definition) is 6. The van der Waals surface area contributed by atoms with Gasteiger partial charge < -0.3 is 4.90 Å². The molecule has 0 aliphatic heterocycles. The van der Waals surface area contributed by atoms with Crippen molar-refractivity contribution >= 4 is 40.6 Å². The van der Waals surface area contributed by atoms with Gasteiger partial charge in [-0.15, -0.1) is 23.1 Å².